The van der Waals surface area contributed by atoms with Gasteiger partial charge in [0.1, 0.15) is 5.82 Å². The van der Waals surface area contributed by atoms with Gasteiger partial charge in [0.15, 0.2) is 0 Å². The van der Waals surface area contributed by atoms with E-state index in [0.717, 1.165) is 68.6 Å². The van der Waals surface area contributed by atoms with Gasteiger partial charge in [-0.1, -0.05) is 54.6 Å². The fourth-order valence-corrected chi connectivity index (χ4v) is 5.46. The first-order chi connectivity index (χ1) is 17.1. The summed E-state index contributed by atoms with van der Waals surface area (Å²) in [5, 5.41) is 11.9. The molecule has 0 aliphatic carbocycles. The Morgan fingerprint density at radius 1 is 0.971 bits per heavy atom. The lowest BCUT2D eigenvalue weighted by Crippen LogP contribution is -2.33. The van der Waals surface area contributed by atoms with E-state index in [0.29, 0.717) is 5.92 Å². The van der Waals surface area contributed by atoms with Crippen LogP contribution in [0, 0.1) is 12.7 Å². The number of benzene rings is 3. The highest BCUT2D eigenvalue weighted by Gasteiger charge is 2.24. The summed E-state index contributed by atoms with van der Waals surface area (Å²) in [5.41, 5.74) is 5.70. The van der Waals surface area contributed by atoms with E-state index in [1.807, 2.05) is 36.4 Å². The largest absolute Gasteiger partial charge is 0.388 e. The van der Waals surface area contributed by atoms with Crippen LogP contribution in [0.15, 0.2) is 79.0 Å². The molecular formula is C31H34FN2O. The van der Waals surface area contributed by atoms with Crippen molar-refractivity contribution in [2.75, 3.05) is 19.6 Å². The zero-order valence-electron chi connectivity index (χ0n) is 20.2. The zero-order valence-corrected chi connectivity index (χ0v) is 20.2. The highest BCUT2D eigenvalue weighted by Crippen LogP contribution is 2.35. The number of nitrogens with zero attached hydrogens (tertiary/aromatic N) is 2. The van der Waals surface area contributed by atoms with Gasteiger partial charge in [0.2, 0.25) is 0 Å². The summed E-state index contributed by atoms with van der Waals surface area (Å²) in [6.45, 7) is 7.92. The second kappa shape index (κ2) is 10.8. The molecule has 1 unspecified atom stereocenters. The third-order valence-corrected chi connectivity index (χ3v) is 7.40. The molecule has 1 atom stereocenters. The predicted molar refractivity (Wildman–Crippen MR) is 141 cm³/mol. The van der Waals surface area contributed by atoms with E-state index in [1.165, 1.54) is 28.6 Å². The molecule has 5 rings (SSSR count). The molecule has 3 nitrogen and oxygen atoms in total. The number of hydrogen-bond donors (Lipinski definition) is 1. The smallest absolute Gasteiger partial charge is 0.123 e. The molecule has 1 aromatic heterocycles. The van der Waals surface area contributed by atoms with Crippen LogP contribution >= 0.6 is 0 Å². The molecule has 1 aliphatic rings. The average molecular weight is 470 g/mol. The van der Waals surface area contributed by atoms with Crippen molar-refractivity contribution in [1.82, 2.24) is 9.47 Å². The first kappa shape index (κ1) is 23.8. The van der Waals surface area contributed by atoms with E-state index < -0.39 is 6.10 Å². The molecule has 181 valence electrons. The molecule has 1 saturated heterocycles. The molecule has 0 saturated carbocycles. The Balaban J connectivity index is 1.19. The van der Waals surface area contributed by atoms with Crippen LogP contribution in [0.25, 0.3) is 10.9 Å². The van der Waals surface area contributed by atoms with Crippen LogP contribution in [0.2, 0.25) is 0 Å². The van der Waals surface area contributed by atoms with Gasteiger partial charge in [-0.25, -0.2) is 4.39 Å². The van der Waals surface area contributed by atoms with Crippen molar-refractivity contribution in [1.29, 1.82) is 0 Å². The van der Waals surface area contributed by atoms with Gasteiger partial charge in [-0.05, 0) is 98.6 Å². The summed E-state index contributed by atoms with van der Waals surface area (Å²) in [6.07, 6.45) is 5.97. The number of halogens is 1. The maximum absolute atomic E-state index is 13.3. The Morgan fingerprint density at radius 3 is 2.51 bits per heavy atom. The second-order valence-corrected chi connectivity index (χ2v) is 9.87. The highest BCUT2D eigenvalue weighted by atomic mass is 19.1. The minimum atomic E-state index is -0.415. The normalized spacial score (nSPS) is 16.1. The topological polar surface area (TPSA) is 28.4 Å². The number of para-hydroxylation sites is 1. The van der Waals surface area contributed by atoms with Crippen molar-refractivity contribution < 1.29 is 9.50 Å². The van der Waals surface area contributed by atoms with Crippen molar-refractivity contribution >= 4 is 10.9 Å². The zero-order chi connectivity index (χ0) is 24.2. The fraction of sp³-hybridized carbons (Fsp3) is 0.323. The number of hydrogen-bond acceptors (Lipinski definition) is 2. The number of aliphatic hydroxyl groups is 1. The molecule has 0 bridgehead atoms. The van der Waals surface area contributed by atoms with Crippen molar-refractivity contribution in [3.63, 3.8) is 0 Å². The molecule has 35 heavy (non-hydrogen) atoms. The summed E-state index contributed by atoms with van der Waals surface area (Å²) in [5.74, 6) is 0.358. The Bertz CT molecular complexity index is 1250. The van der Waals surface area contributed by atoms with Gasteiger partial charge in [0.25, 0.3) is 0 Å². The van der Waals surface area contributed by atoms with Crippen LogP contribution in [0.4, 0.5) is 4.39 Å². The summed E-state index contributed by atoms with van der Waals surface area (Å²) in [6, 6.07) is 23.3. The number of rotatable bonds is 8. The Hall–Kier alpha value is -2.95. The molecule has 1 aliphatic heterocycles. The lowest BCUT2D eigenvalue weighted by Gasteiger charge is -2.32. The summed E-state index contributed by atoms with van der Waals surface area (Å²) in [4.78, 5) is 2.54. The monoisotopic (exact) mass is 469 g/mol. The second-order valence-electron chi connectivity index (χ2n) is 9.87. The van der Waals surface area contributed by atoms with Gasteiger partial charge in [-0.3, -0.25) is 0 Å². The summed E-state index contributed by atoms with van der Waals surface area (Å²) >= 11 is 0. The third kappa shape index (κ3) is 5.66. The van der Waals surface area contributed by atoms with Crippen LogP contribution in [-0.4, -0.2) is 34.2 Å². The molecule has 1 N–H and O–H groups in total. The number of fused-ring (bicyclic) bond motifs is 1. The van der Waals surface area contributed by atoms with Gasteiger partial charge in [-0.15, -0.1) is 0 Å². The van der Waals surface area contributed by atoms with E-state index >= 15 is 0 Å². The molecule has 0 spiro atoms. The van der Waals surface area contributed by atoms with E-state index in [2.05, 4.69) is 46.9 Å². The molecule has 3 aromatic carbocycles. The quantitative estimate of drug-likeness (QED) is 0.311. The average Bonchev–Trinajstić information content (AvgIpc) is 3.24. The van der Waals surface area contributed by atoms with Crippen molar-refractivity contribution in [3.05, 3.63) is 114 Å². The highest BCUT2D eigenvalue weighted by molar-refractivity contribution is 5.84. The van der Waals surface area contributed by atoms with Gasteiger partial charge in [-0.2, -0.15) is 0 Å². The molecular weight excluding hydrogens is 435 g/mol. The van der Waals surface area contributed by atoms with E-state index in [9.17, 15) is 9.50 Å². The van der Waals surface area contributed by atoms with Crippen LogP contribution in [0.1, 0.15) is 60.0 Å². The van der Waals surface area contributed by atoms with Crippen LogP contribution in [-0.2, 0) is 6.54 Å². The maximum Gasteiger partial charge on any atom is 0.123 e. The fourth-order valence-electron chi connectivity index (χ4n) is 5.46. The van der Waals surface area contributed by atoms with E-state index in [4.69, 9.17) is 0 Å². The third-order valence-electron chi connectivity index (χ3n) is 7.40. The lowest BCUT2D eigenvalue weighted by atomic mass is 9.89. The van der Waals surface area contributed by atoms with Crippen molar-refractivity contribution in [2.24, 2.45) is 0 Å². The SMILES string of the molecule is [CH2]c1cccc(C(O)CCCN2CCC(c3cn(Cc4ccc(F)cc4)c4ccccc34)CC2)c1. The molecule has 4 heteroatoms. The first-order valence-corrected chi connectivity index (χ1v) is 12.7. The maximum atomic E-state index is 13.3. The molecule has 1 radical (unpaired) electrons. The summed E-state index contributed by atoms with van der Waals surface area (Å²) < 4.78 is 15.7. The van der Waals surface area contributed by atoms with E-state index in [1.54, 1.807) is 0 Å². The number of aromatic nitrogens is 1. The van der Waals surface area contributed by atoms with Crippen molar-refractivity contribution in [2.45, 2.75) is 44.2 Å². The molecule has 4 aromatic rings. The van der Waals surface area contributed by atoms with Gasteiger partial charge in [0.05, 0.1) is 6.10 Å². The standard InChI is InChI=1S/C31H34FN2O/c1-23-6-4-7-26(20-23)31(35)10-5-17-33-18-15-25(16-19-33)29-22-34(30-9-3-2-8-28(29)30)21-24-11-13-27(32)14-12-24/h2-4,6-9,11-14,20,22,25,31,35H,1,5,10,15-19,21H2. The lowest BCUT2D eigenvalue weighted by molar-refractivity contribution is 0.148. The minimum Gasteiger partial charge on any atom is -0.388 e. The van der Waals surface area contributed by atoms with E-state index in [-0.39, 0.29) is 5.82 Å². The Labute approximate surface area is 207 Å². The molecule has 2 heterocycles. The van der Waals surface area contributed by atoms with Gasteiger partial charge < -0.3 is 14.6 Å². The first-order valence-electron chi connectivity index (χ1n) is 12.7. The van der Waals surface area contributed by atoms with Crippen LogP contribution in [0.5, 0.6) is 0 Å². The van der Waals surface area contributed by atoms with Crippen LogP contribution < -0.4 is 0 Å². The number of aliphatic hydroxyl groups excluding tert-OH is 1. The van der Waals surface area contributed by atoms with Crippen molar-refractivity contribution in [3.8, 4) is 0 Å². The Kier molecular flexibility index (Phi) is 7.31. The summed E-state index contributed by atoms with van der Waals surface area (Å²) in [7, 11) is 0. The van der Waals surface area contributed by atoms with Crippen LogP contribution in [0.3, 0.4) is 0 Å². The van der Waals surface area contributed by atoms with Gasteiger partial charge in [0, 0.05) is 23.6 Å². The number of piperidine rings is 1. The number of likely N-dealkylation sites (tertiary alicyclic amines) is 1. The minimum absolute atomic E-state index is 0.194. The predicted octanol–water partition coefficient (Wildman–Crippen LogP) is 6.70. The molecule has 1 fully saturated rings. The molecule has 0 amide bonds. The Morgan fingerprint density at radius 2 is 1.74 bits per heavy atom. The van der Waals surface area contributed by atoms with Gasteiger partial charge >= 0.3 is 0 Å².